The van der Waals surface area contributed by atoms with Gasteiger partial charge in [0.25, 0.3) is 0 Å². The Morgan fingerprint density at radius 1 is 1.00 bits per heavy atom. The predicted molar refractivity (Wildman–Crippen MR) is 58.8 cm³/mol. The van der Waals surface area contributed by atoms with Crippen molar-refractivity contribution in [3.8, 4) is 0 Å². The molecule has 0 spiro atoms. The fraction of sp³-hybridized carbons (Fsp3) is 0.500. The second-order valence-electron chi connectivity index (χ2n) is 4.92. The average molecular weight is 185 g/mol. The second kappa shape index (κ2) is 3.42. The third kappa shape index (κ3) is 1.47. The van der Waals surface area contributed by atoms with Crippen LogP contribution in [-0.4, -0.2) is 0 Å². The molecule has 0 amide bonds. The van der Waals surface area contributed by atoms with Gasteiger partial charge in [-0.1, -0.05) is 36.8 Å². The number of hydrogen-bond acceptors (Lipinski definition) is 0. The highest BCUT2D eigenvalue weighted by atomic mass is 14.4. The van der Waals surface area contributed by atoms with E-state index in [1.165, 1.54) is 31.2 Å². The van der Waals surface area contributed by atoms with Gasteiger partial charge in [0.1, 0.15) is 0 Å². The lowest BCUT2D eigenvalue weighted by Gasteiger charge is -2.21. The van der Waals surface area contributed by atoms with Gasteiger partial charge in [0.15, 0.2) is 0 Å². The molecule has 1 radical (unpaired) electrons. The number of hydrogen-bond donors (Lipinski definition) is 0. The van der Waals surface area contributed by atoms with E-state index < -0.39 is 0 Å². The summed E-state index contributed by atoms with van der Waals surface area (Å²) in [5.41, 5.74) is 1.42. The molecular weight excluding hydrogens is 168 g/mol. The number of rotatable bonds is 2. The Balaban J connectivity index is 1.69. The first kappa shape index (κ1) is 8.52. The molecule has 14 heavy (non-hydrogen) atoms. The summed E-state index contributed by atoms with van der Waals surface area (Å²) in [6.45, 7) is 0. The lowest BCUT2D eigenvalue weighted by molar-refractivity contribution is 0.378. The van der Waals surface area contributed by atoms with Crippen molar-refractivity contribution < 1.29 is 0 Å². The molecule has 2 saturated carbocycles. The molecule has 0 saturated heterocycles. The van der Waals surface area contributed by atoms with Crippen molar-refractivity contribution in [2.45, 2.75) is 25.7 Å². The molecule has 2 bridgehead atoms. The van der Waals surface area contributed by atoms with Crippen LogP contribution in [0.3, 0.4) is 0 Å². The number of benzene rings is 1. The summed E-state index contributed by atoms with van der Waals surface area (Å²) in [6, 6.07) is 10.8. The average Bonchev–Trinajstić information content (AvgIpc) is 2.81. The van der Waals surface area contributed by atoms with E-state index in [9.17, 15) is 0 Å². The van der Waals surface area contributed by atoms with Gasteiger partial charge in [-0.2, -0.15) is 0 Å². The van der Waals surface area contributed by atoms with E-state index in [0.29, 0.717) is 0 Å². The Hall–Kier alpha value is -0.780. The van der Waals surface area contributed by atoms with Gasteiger partial charge in [-0.15, -0.1) is 0 Å². The third-order valence-electron chi connectivity index (χ3n) is 4.00. The van der Waals surface area contributed by atoms with E-state index >= 15 is 0 Å². The Kier molecular flexibility index (Phi) is 2.08. The summed E-state index contributed by atoms with van der Waals surface area (Å²) in [7, 11) is 0. The van der Waals surface area contributed by atoms with Crippen LogP contribution in [0.25, 0.3) is 0 Å². The molecular formula is C14H17. The highest BCUT2D eigenvalue weighted by Crippen LogP contribution is 2.49. The van der Waals surface area contributed by atoms with Gasteiger partial charge in [0.2, 0.25) is 0 Å². The summed E-state index contributed by atoms with van der Waals surface area (Å²) < 4.78 is 0. The van der Waals surface area contributed by atoms with Crippen LogP contribution in [0.5, 0.6) is 0 Å². The summed E-state index contributed by atoms with van der Waals surface area (Å²) in [5.74, 6) is 2.96. The molecule has 3 unspecified atom stereocenters. The van der Waals surface area contributed by atoms with E-state index in [4.69, 9.17) is 0 Å². The minimum Gasteiger partial charge on any atom is -0.0622 e. The molecule has 2 fully saturated rings. The smallest absolute Gasteiger partial charge is 0.00592 e. The molecule has 0 heteroatoms. The van der Waals surface area contributed by atoms with Gasteiger partial charge < -0.3 is 0 Å². The maximum atomic E-state index is 2.50. The predicted octanol–water partition coefficient (Wildman–Crippen LogP) is 3.68. The highest BCUT2D eigenvalue weighted by Gasteiger charge is 2.39. The van der Waals surface area contributed by atoms with Crippen molar-refractivity contribution in [2.75, 3.05) is 0 Å². The fourth-order valence-electron chi connectivity index (χ4n) is 3.31. The van der Waals surface area contributed by atoms with Crippen LogP contribution in [0.1, 0.15) is 31.2 Å². The summed E-state index contributed by atoms with van der Waals surface area (Å²) in [5, 5.41) is 0. The van der Waals surface area contributed by atoms with Crippen molar-refractivity contribution in [3.63, 3.8) is 0 Å². The Morgan fingerprint density at radius 3 is 2.50 bits per heavy atom. The van der Waals surface area contributed by atoms with Crippen LogP contribution in [0.4, 0.5) is 0 Å². The van der Waals surface area contributed by atoms with Gasteiger partial charge in [-0.25, -0.2) is 0 Å². The zero-order chi connectivity index (χ0) is 9.38. The van der Waals surface area contributed by atoms with E-state index in [2.05, 4.69) is 36.8 Å². The maximum Gasteiger partial charge on any atom is -0.00592 e. The minimum absolute atomic E-state index is 0.885. The Bertz CT molecular complexity index is 301. The minimum atomic E-state index is 0.885. The summed E-state index contributed by atoms with van der Waals surface area (Å²) >= 11 is 0. The van der Waals surface area contributed by atoms with E-state index in [-0.39, 0.29) is 0 Å². The Morgan fingerprint density at radius 2 is 1.86 bits per heavy atom. The van der Waals surface area contributed by atoms with Gasteiger partial charge >= 0.3 is 0 Å². The van der Waals surface area contributed by atoms with E-state index in [0.717, 1.165) is 17.8 Å². The first-order valence-electron chi connectivity index (χ1n) is 5.82. The largest absolute Gasteiger partial charge is 0.0622 e. The monoisotopic (exact) mass is 185 g/mol. The summed E-state index contributed by atoms with van der Waals surface area (Å²) in [6.07, 6.45) is 8.46. The molecule has 3 atom stereocenters. The molecule has 0 heterocycles. The third-order valence-corrected chi connectivity index (χ3v) is 4.00. The quantitative estimate of drug-likeness (QED) is 0.659. The van der Waals surface area contributed by atoms with Crippen molar-refractivity contribution >= 4 is 0 Å². The molecule has 1 aromatic carbocycles. The Labute approximate surface area is 86.3 Å². The summed E-state index contributed by atoms with van der Waals surface area (Å²) in [4.78, 5) is 0. The van der Waals surface area contributed by atoms with Crippen LogP contribution in [0.2, 0.25) is 0 Å². The fourth-order valence-corrected chi connectivity index (χ4v) is 3.31. The zero-order valence-corrected chi connectivity index (χ0v) is 8.52. The standard InChI is InChI=1S/C14H17/c1-2-4-11(5-3-1)8-14-10-12-6-7-13(14)9-12/h1-5,8,12-14H,6-7,9-10H2. The molecule has 0 nitrogen and oxygen atoms in total. The second-order valence-corrected chi connectivity index (χ2v) is 4.92. The molecule has 73 valence electrons. The van der Waals surface area contributed by atoms with Crippen molar-refractivity contribution in [2.24, 2.45) is 17.8 Å². The van der Waals surface area contributed by atoms with Gasteiger partial charge in [0, 0.05) is 0 Å². The van der Waals surface area contributed by atoms with E-state index in [1.807, 2.05) is 0 Å². The first-order chi connectivity index (χ1) is 6.92. The lowest BCUT2D eigenvalue weighted by Crippen LogP contribution is -2.11. The van der Waals surface area contributed by atoms with Crippen LogP contribution < -0.4 is 0 Å². The van der Waals surface area contributed by atoms with E-state index in [1.54, 1.807) is 0 Å². The highest BCUT2D eigenvalue weighted by molar-refractivity contribution is 5.24. The molecule has 0 aliphatic heterocycles. The first-order valence-corrected chi connectivity index (χ1v) is 5.82. The van der Waals surface area contributed by atoms with Gasteiger partial charge in [-0.3, -0.25) is 0 Å². The van der Waals surface area contributed by atoms with Crippen molar-refractivity contribution in [3.05, 3.63) is 42.3 Å². The zero-order valence-electron chi connectivity index (χ0n) is 8.52. The maximum absolute atomic E-state index is 2.50. The normalized spacial score (nSPS) is 35.0. The van der Waals surface area contributed by atoms with Crippen LogP contribution in [0.15, 0.2) is 30.3 Å². The SMILES string of the molecule is [CH](c1ccccc1)C1CC2CCC1C2. The number of fused-ring (bicyclic) bond motifs is 2. The molecule has 3 rings (SSSR count). The molecule has 0 N–H and O–H groups in total. The van der Waals surface area contributed by atoms with Crippen molar-refractivity contribution in [1.82, 2.24) is 0 Å². The molecule has 2 aliphatic carbocycles. The van der Waals surface area contributed by atoms with Crippen LogP contribution in [0, 0.1) is 24.2 Å². The molecule has 0 aromatic heterocycles. The topological polar surface area (TPSA) is 0 Å². The van der Waals surface area contributed by atoms with Crippen LogP contribution in [-0.2, 0) is 0 Å². The van der Waals surface area contributed by atoms with Crippen molar-refractivity contribution in [1.29, 1.82) is 0 Å². The molecule has 2 aliphatic rings. The molecule has 1 aromatic rings. The van der Waals surface area contributed by atoms with Crippen LogP contribution >= 0.6 is 0 Å². The lowest BCUT2D eigenvalue weighted by atomic mass is 9.84. The van der Waals surface area contributed by atoms with Gasteiger partial charge in [0.05, 0.1) is 0 Å². The van der Waals surface area contributed by atoms with Gasteiger partial charge in [-0.05, 0) is 49.0 Å².